The van der Waals surface area contributed by atoms with E-state index in [-0.39, 0.29) is 0 Å². The van der Waals surface area contributed by atoms with Gasteiger partial charge >= 0.3 is 0 Å². The van der Waals surface area contributed by atoms with Crippen LogP contribution >= 0.6 is 0 Å². The summed E-state index contributed by atoms with van der Waals surface area (Å²) in [5, 5.41) is 4.79. The van der Waals surface area contributed by atoms with E-state index in [0.29, 0.717) is 0 Å². The Hall–Kier alpha value is -7.42. The van der Waals surface area contributed by atoms with Crippen molar-refractivity contribution in [2.75, 3.05) is 0 Å². The number of furan rings is 1. The largest absolute Gasteiger partial charge is 0.456 e. The molecule has 2 heterocycles. The Bertz CT molecular complexity index is 3110. The van der Waals surface area contributed by atoms with Crippen LogP contribution < -0.4 is 0 Å². The molecule has 0 spiro atoms. The van der Waals surface area contributed by atoms with Gasteiger partial charge in [-0.15, -0.1) is 0 Å². The van der Waals surface area contributed by atoms with Crippen LogP contribution in [0.2, 0.25) is 0 Å². The lowest BCUT2D eigenvalue weighted by Gasteiger charge is -2.12. The Morgan fingerprint density at radius 3 is 1.25 bits per heavy atom. The van der Waals surface area contributed by atoms with E-state index in [0.717, 1.165) is 27.6 Å². The molecule has 0 aliphatic carbocycles. The molecule has 0 aliphatic heterocycles. The third-order valence-corrected chi connectivity index (χ3v) is 11.2. The maximum Gasteiger partial charge on any atom is 0.135 e. The fourth-order valence-electron chi connectivity index (χ4n) is 8.36. The molecule has 0 bridgehead atoms. The lowest BCUT2D eigenvalue weighted by Crippen LogP contribution is -1.94. The molecule has 0 N–H and O–H groups in total. The first-order valence-electron chi connectivity index (χ1n) is 19.2. The summed E-state index contributed by atoms with van der Waals surface area (Å²) in [6.45, 7) is 0. The van der Waals surface area contributed by atoms with Crippen molar-refractivity contribution >= 4 is 43.7 Å². The van der Waals surface area contributed by atoms with Gasteiger partial charge in [-0.1, -0.05) is 164 Å². The van der Waals surface area contributed by atoms with Crippen LogP contribution in [0.15, 0.2) is 217 Å². The third kappa shape index (κ3) is 5.51. The van der Waals surface area contributed by atoms with Gasteiger partial charge in [-0.05, 0) is 104 Å². The van der Waals surface area contributed by atoms with Crippen LogP contribution in [0.4, 0.5) is 0 Å². The van der Waals surface area contributed by atoms with Crippen LogP contribution in [-0.2, 0) is 0 Å². The molecule has 2 heteroatoms. The van der Waals surface area contributed by atoms with Crippen LogP contribution in [0.25, 0.3) is 105 Å². The van der Waals surface area contributed by atoms with Gasteiger partial charge < -0.3 is 8.98 Å². The zero-order valence-corrected chi connectivity index (χ0v) is 30.6. The van der Waals surface area contributed by atoms with Crippen molar-refractivity contribution in [2.24, 2.45) is 0 Å². The molecule has 56 heavy (non-hydrogen) atoms. The molecule has 11 rings (SSSR count). The van der Waals surface area contributed by atoms with E-state index in [2.05, 4.69) is 205 Å². The lowest BCUT2D eigenvalue weighted by atomic mass is 9.96. The lowest BCUT2D eigenvalue weighted by molar-refractivity contribution is 0.669. The molecule has 0 unspecified atom stereocenters. The SMILES string of the molecule is c1ccc(-c2ccc3c4ccc(-c5ccccc5)cc4n(-c4ccc(-c5cccc(-c6ccc(-c7ccc8oc9ccccc9c8c7)cc6)c5)cc4)c3c2)cc1. The standard InChI is InChI=1S/C54H35NO/c1-3-10-36(11-4-1)44-24-29-47-48-30-25-45(37-12-5-2-6-13-37)35-52(48)55(51(47)34-44)46-27-22-40(23-28-46)42-15-9-14-41(32-42)38-18-20-39(21-19-38)43-26-31-54-50(33-43)49-16-7-8-17-53(49)56-54/h1-35H. The minimum Gasteiger partial charge on any atom is -0.456 e. The Morgan fingerprint density at radius 2 is 0.661 bits per heavy atom. The predicted molar refractivity (Wildman–Crippen MR) is 235 cm³/mol. The molecule has 2 aromatic heterocycles. The molecule has 0 saturated heterocycles. The van der Waals surface area contributed by atoms with Crippen LogP contribution in [0, 0.1) is 0 Å². The van der Waals surface area contributed by atoms with Gasteiger partial charge in [0.1, 0.15) is 11.2 Å². The first-order valence-corrected chi connectivity index (χ1v) is 19.2. The van der Waals surface area contributed by atoms with Crippen molar-refractivity contribution in [3.63, 3.8) is 0 Å². The van der Waals surface area contributed by atoms with E-state index in [4.69, 9.17) is 4.42 Å². The number of benzene rings is 9. The van der Waals surface area contributed by atoms with Crippen LogP contribution in [0.1, 0.15) is 0 Å². The number of para-hydroxylation sites is 1. The summed E-state index contributed by atoms with van der Waals surface area (Å²) >= 11 is 0. The maximum absolute atomic E-state index is 6.06. The molecule has 2 nitrogen and oxygen atoms in total. The normalized spacial score (nSPS) is 11.6. The predicted octanol–water partition coefficient (Wildman–Crippen LogP) is 15.0. The molecule has 11 aromatic rings. The van der Waals surface area contributed by atoms with E-state index in [1.165, 1.54) is 77.4 Å². The van der Waals surface area contributed by atoms with Crippen LogP contribution in [-0.4, -0.2) is 4.57 Å². The molecular weight excluding hydrogens is 679 g/mol. The van der Waals surface area contributed by atoms with Crippen molar-refractivity contribution in [3.8, 4) is 61.3 Å². The maximum atomic E-state index is 6.06. The van der Waals surface area contributed by atoms with Gasteiger partial charge in [-0.25, -0.2) is 0 Å². The summed E-state index contributed by atoms with van der Waals surface area (Å²) in [6.07, 6.45) is 0. The average Bonchev–Trinajstić information content (AvgIpc) is 3.82. The number of fused-ring (bicyclic) bond motifs is 6. The molecular formula is C54H35NO. The quantitative estimate of drug-likeness (QED) is 0.168. The van der Waals surface area contributed by atoms with Crippen LogP contribution in [0.3, 0.4) is 0 Å². The highest BCUT2D eigenvalue weighted by Gasteiger charge is 2.16. The van der Waals surface area contributed by atoms with Gasteiger partial charge in [-0.2, -0.15) is 0 Å². The molecule has 0 fully saturated rings. The van der Waals surface area contributed by atoms with Gasteiger partial charge in [-0.3, -0.25) is 0 Å². The Morgan fingerprint density at radius 1 is 0.250 bits per heavy atom. The number of rotatable bonds is 6. The summed E-state index contributed by atoms with van der Waals surface area (Å²) in [7, 11) is 0. The fraction of sp³-hybridized carbons (Fsp3) is 0. The van der Waals surface area contributed by atoms with Gasteiger partial charge in [0.15, 0.2) is 0 Å². The Labute approximate surface area is 325 Å². The van der Waals surface area contributed by atoms with Crippen molar-refractivity contribution in [1.82, 2.24) is 4.57 Å². The fourth-order valence-corrected chi connectivity index (χ4v) is 8.36. The van der Waals surface area contributed by atoms with E-state index in [1.54, 1.807) is 0 Å². The van der Waals surface area contributed by atoms with Crippen LogP contribution in [0.5, 0.6) is 0 Å². The highest BCUT2D eigenvalue weighted by atomic mass is 16.3. The molecule has 0 atom stereocenters. The smallest absolute Gasteiger partial charge is 0.135 e. The van der Waals surface area contributed by atoms with Crippen molar-refractivity contribution in [2.45, 2.75) is 0 Å². The third-order valence-electron chi connectivity index (χ3n) is 11.2. The summed E-state index contributed by atoms with van der Waals surface area (Å²) in [5.74, 6) is 0. The number of nitrogens with zero attached hydrogens (tertiary/aromatic N) is 1. The molecule has 0 saturated carbocycles. The van der Waals surface area contributed by atoms with E-state index in [9.17, 15) is 0 Å². The zero-order chi connectivity index (χ0) is 37.0. The molecule has 0 radical (unpaired) electrons. The van der Waals surface area contributed by atoms with Gasteiger partial charge in [0.05, 0.1) is 11.0 Å². The Balaban J connectivity index is 0.946. The second-order valence-electron chi connectivity index (χ2n) is 14.5. The summed E-state index contributed by atoms with van der Waals surface area (Å²) < 4.78 is 8.49. The number of hydrogen-bond donors (Lipinski definition) is 0. The summed E-state index contributed by atoms with van der Waals surface area (Å²) in [6, 6.07) is 76.5. The van der Waals surface area contributed by atoms with E-state index < -0.39 is 0 Å². The van der Waals surface area contributed by atoms with Gasteiger partial charge in [0.2, 0.25) is 0 Å². The first-order chi connectivity index (χ1) is 27.7. The minimum absolute atomic E-state index is 0.917. The average molecular weight is 714 g/mol. The topological polar surface area (TPSA) is 18.1 Å². The van der Waals surface area contributed by atoms with Gasteiger partial charge in [0, 0.05) is 27.2 Å². The summed E-state index contributed by atoms with van der Waals surface area (Å²) in [4.78, 5) is 0. The number of hydrogen-bond acceptors (Lipinski definition) is 1. The highest BCUT2D eigenvalue weighted by molar-refractivity contribution is 6.11. The molecule has 262 valence electrons. The second-order valence-corrected chi connectivity index (χ2v) is 14.5. The number of aromatic nitrogens is 1. The molecule has 0 aliphatic rings. The van der Waals surface area contributed by atoms with Crippen molar-refractivity contribution < 1.29 is 4.42 Å². The minimum atomic E-state index is 0.917. The molecule has 9 aromatic carbocycles. The van der Waals surface area contributed by atoms with E-state index >= 15 is 0 Å². The first kappa shape index (κ1) is 32.0. The van der Waals surface area contributed by atoms with E-state index in [1.807, 2.05) is 12.1 Å². The van der Waals surface area contributed by atoms with Gasteiger partial charge in [0.25, 0.3) is 0 Å². The monoisotopic (exact) mass is 713 g/mol. The van der Waals surface area contributed by atoms with Crippen molar-refractivity contribution in [3.05, 3.63) is 212 Å². The Kier molecular flexibility index (Phi) is 7.53. The zero-order valence-electron chi connectivity index (χ0n) is 30.6. The second kappa shape index (κ2) is 13.2. The highest BCUT2D eigenvalue weighted by Crippen LogP contribution is 2.38. The summed E-state index contributed by atoms with van der Waals surface area (Å²) in [5.41, 5.74) is 17.3. The van der Waals surface area contributed by atoms with Crippen molar-refractivity contribution in [1.29, 1.82) is 0 Å². The molecule has 0 amide bonds.